The molecule has 1 aliphatic rings. The Kier molecular flexibility index (Phi) is 6.30. The summed E-state index contributed by atoms with van der Waals surface area (Å²) >= 11 is 0. The van der Waals surface area contributed by atoms with Crippen molar-refractivity contribution in [2.75, 3.05) is 23.3 Å². The van der Waals surface area contributed by atoms with Gasteiger partial charge in [0.1, 0.15) is 23.3 Å². The molecule has 1 amide bonds. The van der Waals surface area contributed by atoms with Gasteiger partial charge in [0.05, 0.1) is 6.54 Å². The third-order valence-electron chi connectivity index (χ3n) is 5.29. The minimum atomic E-state index is -0.412. The number of nitrogens with two attached hydrogens (primary N) is 1. The smallest absolute Gasteiger partial charge is 0.236 e. The zero-order valence-corrected chi connectivity index (χ0v) is 17.9. The molecule has 3 rings (SSSR count). The number of aromatic nitrogens is 4. The molecule has 156 valence electrons. The highest BCUT2D eigenvalue weighted by molar-refractivity contribution is 5.78. The van der Waals surface area contributed by atoms with Gasteiger partial charge in [0.25, 0.3) is 0 Å². The second kappa shape index (κ2) is 8.71. The van der Waals surface area contributed by atoms with Crippen molar-refractivity contribution < 1.29 is 4.79 Å². The van der Waals surface area contributed by atoms with E-state index in [1.165, 1.54) is 5.56 Å². The van der Waals surface area contributed by atoms with Gasteiger partial charge in [0.2, 0.25) is 5.91 Å². The average Bonchev–Trinajstić information content (AvgIpc) is 2.63. The number of rotatable bonds is 8. The lowest BCUT2D eigenvalue weighted by molar-refractivity contribution is -0.116. The van der Waals surface area contributed by atoms with Crippen LogP contribution in [-0.4, -0.2) is 45.0 Å². The van der Waals surface area contributed by atoms with E-state index in [0.717, 1.165) is 42.4 Å². The Balaban J connectivity index is 1.81. The molecule has 8 nitrogen and oxygen atoms in total. The van der Waals surface area contributed by atoms with Gasteiger partial charge < -0.3 is 16.0 Å². The van der Waals surface area contributed by atoms with Gasteiger partial charge in [-0.25, -0.2) is 19.9 Å². The number of carbonyl (C=O) groups excluding carboxylic acids is 1. The van der Waals surface area contributed by atoms with Crippen molar-refractivity contribution in [1.29, 1.82) is 0 Å². The Morgan fingerprint density at radius 3 is 2.45 bits per heavy atom. The molecular weight excluding hydrogens is 366 g/mol. The van der Waals surface area contributed by atoms with Crippen molar-refractivity contribution in [2.45, 2.75) is 65.3 Å². The summed E-state index contributed by atoms with van der Waals surface area (Å²) in [7, 11) is 0. The summed E-state index contributed by atoms with van der Waals surface area (Å²) < 4.78 is 0. The molecule has 1 atom stereocenters. The maximum atomic E-state index is 11.2. The lowest BCUT2D eigenvalue weighted by Gasteiger charge is -2.43. The van der Waals surface area contributed by atoms with Crippen LogP contribution in [0.15, 0.2) is 12.4 Å². The summed E-state index contributed by atoms with van der Waals surface area (Å²) in [4.78, 5) is 31.9. The summed E-state index contributed by atoms with van der Waals surface area (Å²) in [6, 6.07) is 0.302. The fourth-order valence-corrected chi connectivity index (χ4v) is 3.51. The molecule has 1 fully saturated rings. The molecule has 0 saturated carbocycles. The summed E-state index contributed by atoms with van der Waals surface area (Å²) in [5.41, 5.74) is 7.43. The molecule has 8 heteroatoms. The number of primary amides is 1. The van der Waals surface area contributed by atoms with E-state index in [1.54, 1.807) is 0 Å². The number of amides is 1. The first-order valence-electron chi connectivity index (χ1n) is 10.2. The molecule has 29 heavy (non-hydrogen) atoms. The van der Waals surface area contributed by atoms with Gasteiger partial charge in [0, 0.05) is 42.5 Å². The van der Waals surface area contributed by atoms with E-state index in [0.29, 0.717) is 17.8 Å². The molecule has 1 unspecified atom stereocenters. The minimum Gasteiger partial charge on any atom is -0.368 e. The lowest BCUT2D eigenvalue weighted by Crippen LogP contribution is -2.50. The van der Waals surface area contributed by atoms with Crippen molar-refractivity contribution in [3.8, 4) is 0 Å². The van der Waals surface area contributed by atoms with Crippen molar-refractivity contribution in [3.63, 3.8) is 0 Å². The number of carbonyl (C=O) groups is 1. The van der Waals surface area contributed by atoms with Gasteiger partial charge in [-0.1, -0.05) is 27.7 Å². The van der Waals surface area contributed by atoms with Gasteiger partial charge in [-0.3, -0.25) is 4.79 Å². The topological polar surface area (TPSA) is 110 Å². The van der Waals surface area contributed by atoms with Crippen LogP contribution in [-0.2, 0) is 11.2 Å². The third-order valence-corrected chi connectivity index (χ3v) is 5.29. The summed E-state index contributed by atoms with van der Waals surface area (Å²) in [6.45, 7) is 11.4. The Morgan fingerprint density at radius 1 is 1.17 bits per heavy atom. The molecule has 3 heterocycles. The van der Waals surface area contributed by atoms with E-state index in [2.05, 4.69) is 47.9 Å². The Labute approximate surface area is 172 Å². The van der Waals surface area contributed by atoms with Crippen LogP contribution in [0, 0.1) is 6.92 Å². The maximum absolute atomic E-state index is 11.2. The molecule has 0 spiro atoms. The van der Waals surface area contributed by atoms with Crippen molar-refractivity contribution in [3.05, 3.63) is 35.2 Å². The van der Waals surface area contributed by atoms with Crippen LogP contribution in [0.25, 0.3) is 0 Å². The van der Waals surface area contributed by atoms with Gasteiger partial charge in [-0.2, -0.15) is 0 Å². The van der Waals surface area contributed by atoms with E-state index in [9.17, 15) is 4.79 Å². The predicted molar refractivity (Wildman–Crippen MR) is 114 cm³/mol. The molecule has 2 aromatic heterocycles. The highest BCUT2D eigenvalue weighted by atomic mass is 16.1. The summed E-state index contributed by atoms with van der Waals surface area (Å²) in [6.07, 6.45) is 5.59. The minimum absolute atomic E-state index is 0.0592. The summed E-state index contributed by atoms with van der Waals surface area (Å²) in [5.74, 6) is 3.45. The maximum Gasteiger partial charge on any atom is 0.236 e. The van der Waals surface area contributed by atoms with Gasteiger partial charge in [-0.05, 0) is 25.2 Å². The van der Waals surface area contributed by atoms with Crippen LogP contribution >= 0.6 is 0 Å². The zero-order chi connectivity index (χ0) is 21.1. The average molecular weight is 398 g/mol. The quantitative estimate of drug-likeness (QED) is 0.704. The van der Waals surface area contributed by atoms with E-state index in [1.807, 2.05) is 19.3 Å². The van der Waals surface area contributed by atoms with Gasteiger partial charge in [0.15, 0.2) is 0 Å². The fourth-order valence-electron chi connectivity index (χ4n) is 3.51. The Hall–Kier alpha value is -2.77. The van der Waals surface area contributed by atoms with Gasteiger partial charge in [-0.15, -0.1) is 0 Å². The second-order valence-electron chi connectivity index (χ2n) is 8.26. The van der Waals surface area contributed by atoms with E-state index >= 15 is 0 Å². The SMILES string of the molecule is Cc1ncc(C(C)C)c(N2CCC2Cc2ncc(C(C)C)c(NCC(N)=O)n2)n1. The molecule has 1 saturated heterocycles. The number of hydrogen-bond donors (Lipinski definition) is 2. The highest BCUT2D eigenvalue weighted by Gasteiger charge is 2.32. The van der Waals surface area contributed by atoms with Crippen LogP contribution < -0.4 is 16.0 Å². The van der Waals surface area contributed by atoms with Crippen LogP contribution in [0.5, 0.6) is 0 Å². The molecule has 0 bridgehead atoms. The number of nitrogens with zero attached hydrogens (tertiary/aromatic N) is 5. The Morgan fingerprint density at radius 2 is 1.86 bits per heavy atom. The largest absolute Gasteiger partial charge is 0.368 e. The van der Waals surface area contributed by atoms with Crippen molar-refractivity contribution in [1.82, 2.24) is 19.9 Å². The standard InChI is InChI=1S/C21H31N7O/c1-12(2)16-9-24-19(27-20(16)25-11-18(22)29)8-15-6-7-28(15)21-17(13(3)4)10-23-14(5)26-21/h9-10,12-13,15H,6-8,11H2,1-5H3,(H2,22,29)(H,24,25,27). The normalized spacial score (nSPS) is 16.2. The molecular formula is C21H31N7O. The highest BCUT2D eigenvalue weighted by Crippen LogP contribution is 2.33. The lowest BCUT2D eigenvalue weighted by atomic mass is 9.96. The Bertz CT molecular complexity index is 881. The molecule has 0 aliphatic carbocycles. The van der Waals surface area contributed by atoms with Crippen LogP contribution in [0.3, 0.4) is 0 Å². The number of hydrogen-bond acceptors (Lipinski definition) is 7. The first kappa shape index (κ1) is 21.0. The molecule has 2 aromatic rings. The number of anilines is 2. The predicted octanol–water partition coefficient (Wildman–Crippen LogP) is 2.54. The van der Waals surface area contributed by atoms with E-state index in [-0.39, 0.29) is 12.5 Å². The van der Waals surface area contributed by atoms with Gasteiger partial charge >= 0.3 is 0 Å². The van der Waals surface area contributed by atoms with Crippen LogP contribution in [0.1, 0.15) is 68.7 Å². The molecule has 1 aliphatic heterocycles. The molecule has 3 N–H and O–H groups in total. The fraction of sp³-hybridized carbons (Fsp3) is 0.571. The van der Waals surface area contributed by atoms with Crippen molar-refractivity contribution >= 4 is 17.5 Å². The first-order valence-corrected chi connectivity index (χ1v) is 10.2. The third kappa shape index (κ3) is 4.81. The molecule has 0 aromatic carbocycles. The number of aryl methyl sites for hydroxylation is 1. The number of nitrogens with one attached hydrogen (secondary N) is 1. The van der Waals surface area contributed by atoms with E-state index < -0.39 is 5.91 Å². The zero-order valence-electron chi connectivity index (χ0n) is 17.9. The first-order chi connectivity index (χ1) is 13.8. The summed E-state index contributed by atoms with van der Waals surface area (Å²) in [5, 5.41) is 3.06. The van der Waals surface area contributed by atoms with Crippen LogP contribution in [0.4, 0.5) is 11.6 Å². The monoisotopic (exact) mass is 397 g/mol. The molecule has 0 radical (unpaired) electrons. The van der Waals surface area contributed by atoms with Crippen molar-refractivity contribution in [2.24, 2.45) is 5.73 Å². The van der Waals surface area contributed by atoms with E-state index in [4.69, 9.17) is 15.7 Å². The second-order valence-corrected chi connectivity index (χ2v) is 8.26. The van der Waals surface area contributed by atoms with Crippen LogP contribution in [0.2, 0.25) is 0 Å².